The van der Waals surface area contributed by atoms with Gasteiger partial charge in [0, 0.05) is 32.3 Å². The Balaban J connectivity index is 2.03. The Morgan fingerprint density at radius 2 is 2.41 bits per heavy atom. The van der Waals surface area contributed by atoms with Crippen LogP contribution in [0.2, 0.25) is 5.02 Å². The summed E-state index contributed by atoms with van der Waals surface area (Å²) in [7, 11) is 1.74. The number of nitrogens with zero attached hydrogens (tertiary/aromatic N) is 2. The fraction of sp³-hybridized carbons (Fsp3) is 0.455. The fourth-order valence-electron chi connectivity index (χ4n) is 1.84. The Morgan fingerprint density at radius 3 is 3.06 bits per heavy atom. The van der Waals surface area contributed by atoms with E-state index < -0.39 is 5.82 Å². The van der Waals surface area contributed by atoms with Gasteiger partial charge >= 0.3 is 0 Å². The SMILES string of the molecule is CN1CC(Nc2ncc(Cl)cc2F)CCC1=O. The summed E-state index contributed by atoms with van der Waals surface area (Å²) < 4.78 is 13.5. The maximum Gasteiger partial charge on any atom is 0.222 e. The number of halogens is 2. The zero-order chi connectivity index (χ0) is 12.4. The number of pyridine rings is 1. The van der Waals surface area contributed by atoms with Crippen LogP contribution in [0.4, 0.5) is 10.2 Å². The van der Waals surface area contributed by atoms with Gasteiger partial charge in [-0.3, -0.25) is 4.79 Å². The van der Waals surface area contributed by atoms with Crippen molar-refractivity contribution in [3.63, 3.8) is 0 Å². The van der Waals surface area contributed by atoms with Crippen molar-refractivity contribution in [3.8, 4) is 0 Å². The molecule has 0 radical (unpaired) electrons. The number of hydrogen-bond acceptors (Lipinski definition) is 3. The van der Waals surface area contributed by atoms with E-state index in [1.807, 2.05) is 0 Å². The minimum Gasteiger partial charge on any atom is -0.363 e. The Kier molecular flexibility index (Phi) is 3.47. The van der Waals surface area contributed by atoms with Gasteiger partial charge in [-0.15, -0.1) is 0 Å². The van der Waals surface area contributed by atoms with Crippen molar-refractivity contribution in [1.29, 1.82) is 0 Å². The van der Waals surface area contributed by atoms with Crippen LogP contribution in [0.25, 0.3) is 0 Å². The summed E-state index contributed by atoms with van der Waals surface area (Å²) in [6.45, 7) is 0.558. The van der Waals surface area contributed by atoms with Crippen molar-refractivity contribution >= 4 is 23.3 Å². The second-order valence-corrected chi connectivity index (χ2v) is 4.57. The lowest BCUT2D eigenvalue weighted by Gasteiger charge is -2.30. The van der Waals surface area contributed by atoms with E-state index in [-0.39, 0.29) is 22.8 Å². The lowest BCUT2D eigenvalue weighted by Crippen LogP contribution is -2.43. The van der Waals surface area contributed by atoms with Crippen LogP contribution in [0, 0.1) is 5.82 Å². The van der Waals surface area contributed by atoms with E-state index in [0.717, 1.165) is 0 Å². The van der Waals surface area contributed by atoms with E-state index in [1.165, 1.54) is 12.3 Å². The number of amides is 1. The summed E-state index contributed by atoms with van der Waals surface area (Å²) in [5.74, 6) is -0.174. The van der Waals surface area contributed by atoms with Crippen molar-refractivity contribution in [2.75, 3.05) is 18.9 Å². The van der Waals surface area contributed by atoms with Crippen LogP contribution in [0.1, 0.15) is 12.8 Å². The molecule has 1 saturated heterocycles. The van der Waals surface area contributed by atoms with Crippen LogP contribution in [0.3, 0.4) is 0 Å². The molecular formula is C11H13ClFN3O. The monoisotopic (exact) mass is 257 g/mol. The molecule has 0 spiro atoms. The van der Waals surface area contributed by atoms with Crippen molar-refractivity contribution in [3.05, 3.63) is 23.1 Å². The normalized spacial score (nSPS) is 20.5. The zero-order valence-corrected chi connectivity index (χ0v) is 10.2. The molecule has 1 atom stereocenters. The minimum absolute atomic E-state index is 0.0286. The number of hydrogen-bond donors (Lipinski definition) is 1. The summed E-state index contributed by atoms with van der Waals surface area (Å²) in [5.41, 5.74) is 0. The summed E-state index contributed by atoms with van der Waals surface area (Å²) in [6.07, 6.45) is 2.56. The maximum absolute atomic E-state index is 13.5. The molecule has 1 fully saturated rings. The molecule has 1 unspecified atom stereocenters. The van der Waals surface area contributed by atoms with E-state index in [4.69, 9.17) is 11.6 Å². The van der Waals surface area contributed by atoms with Gasteiger partial charge in [0.05, 0.1) is 5.02 Å². The largest absolute Gasteiger partial charge is 0.363 e. The van der Waals surface area contributed by atoms with Crippen LogP contribution in [0.15, 0.2) is 12.3 Å². The molecule has 2 rings (SSSR count). The first-order chi connectivity index (χ1) is 8.06. The van der Waals surface area contributed by atoms with Crippen molar-refractivity contribution in [1.82, 2.24) is 9.88 Å². The smallest absolute Gasteiger partial charge is 0.222 e. The number of carbonyl (C=O) groups excluding carboxylic acids is 1. The molecule has 17 heavy (non-hydrogen) atoms. The van der Waals surface area contributed by atoms with Crippen molar-refractivity contribution in [2.45, 2.75) is 18.9 Å². The predicted molar refractivity (Wildman–Crippen MR) is 63.5 cm³/mol. The molecule has 1 aliphatic heterocycles. The lowest BCUT2D eigenvalue weighted by molar-refractivity contribution is -0.132. The van der Waals surface area contributed by atoms with Gasteiger partial charge in [0.15, 0.2) is 11.6 Å². The third-order valence-corrected chi connectivity index (χ3v) is 2.98. The average Bonchev–Trinajstić information content (AvgIpc) is 2.27. The third-order valence-electron chi connectivity index (χ3n) is 2.78. The molecular weight excluding hydrogens is 245 g/mol. The van der Waals surface area contributed by atoms with Crippen LogP contribution >= 0.6 is 11.6 Å². The Hall–Kier alpha value is -1.36. The number of piperidine rings is 1. The number of likely N-dealkylation sites (tertiary alicyclic amines) is 1. The van der Waals surface area contributed by atoms with Crippen molar-refractivity contribution in [2.24, 2.45) is 0 Å². The second-order valence-electron chi connectivity index (χ2n) is 4.14. The van der Waals surface area contributed by atoms with Gasteiger partial charge in [-0.1, -0.05) is 11.6 Å². The van der Waals surface area contributed by atoms with Gasteiger partial charge in [0.1, 0.15) is 0 Å². The highest BCUT2D eigenvalue weighted by molar-refractivity contribution is 6.30. The Labute approximate surface area is 104 Å². The minimum atomic E-state index is -0.475. The summed E-state index contributed by atoms with van der Waals surface area (Å²) in [5, 5.41) is 3.26. The van der Waals surface area contributed by atoms with Gasteiger partial charge in [-0.2, -0.15) is 0 Å². The molecule has 4 nitrogen and oxygen atoms in total. The standard InChI is InChI=1S/C11H13ClFN3O/c1-16-6-8(2-3-10(16)17)15-11-9(13)4-7(12)5-14-11/h4-5,8H,2-3,6H2,1H3,(H,14,15). The molecule has 1 N–H and O–H groups in total. The first kappa shape index (κ1) is 12.1. The van der Waals surface area contributed by atoms with Crippen LogP contribution in [-0.4, -0.2) is 35.4 Å². The van der Waals surface area contributed by atoms with E-state index in [2.05, 4.69) is 10.3 Å². The Bertz CT molecular complexity index is 441. The summed E-state index contributed by atoms with van der Waals surface area (Å²) in [4.78, 5) is 16.8. The molecule has 1 aromatic heterocycles. The van der Waals surface area contributed by atoms with Crippen LogP contribution in [0.5, 0.6) is 0 Å². The number of aromatic nitrogens is 1. The number of anilines is 1. The van der Waals surface area contributed by atoms with E-state index in [0.29, 0.717) is 19.4 Å². The number of rotatable bonds is 2. The highest BCUT2D eigenvalue weighted by Gasteiger charge is 2.23. The van der Waals surface area contributed by atoms with E-state index in [1.54, 1.807) is 11.9 Å². The topological polar surface area (TPSA) is 45.2 Å². The fourth-order valence-corrected chi connectivity index (χ4v) is 1.99. The van der Waals surface area contributed by atoms with Gasteiger partial charge in [-0.25, -0.2) is 9.37 Å². The molecule has 0 aromatic carbocycles. The highest BCUT2D eigenvalue weighted by atomic mass is 35.5. The van der Waals surface area contributed by atoms with Gasteiger partial charge in [-0.05, 0) is 12.5 Å². The van der Waals surface area contributed by atoms with Crippen molar-refractivity contribution < 1.29 is 9.18 Å². The zero-order valence-electron chi connectivity index (χ0n) is 9.41. The molecule has 1 aromatic rings. The molecule has 92 valence electrons. The molecule has 2 heterocycles. The second kappa shape index (κ2) is 4.87. The molecule has 6 heteroatoms. The summed E-state index contributed by atoms with van der Waals surface area (Å²) in [6, 6.07) is 1.25. The number of nitrogens with one attached hydrogen (secondary N) is 1. The van der Waals surface area contributed by atoms with Crippen LogP contribution in [-0.2, 0) is 4.79 Å². The lowest BCUT2D eigenvalue weighted by atomic mass is 10.1. The predicted octanol–water partition coefficient (Wildman–Crippen LogP) is 1.91. The molecule has 0 saturated carbocycles. The molecule has 1 aliphatic rings. The first-order valence-electron chi connectivity index (χ1n) is 5.38. The first-order valence-corrected chi connectivity index (χ1v) is 5.75. The highest BCUT2D eigenvalue weighted by Crippen LogP contribution is 2.19. The van der Waals surface area contributed by atoms with E-state index >= 15 is 0 Å². The van der Waals surface area contributed by atoms with Gasteiger partial charge < -0.3 is 10.2 Å². The summed E-state index contributed by atoms with van der Waals surface area (Å²) >= 11 is 5.62. The maximum atomic E-state index is 13.5. The molecule has 1 amide bonds. The Morgan fingerprint density at radius 1 is 1.65 bits per heavy atom. The molecule has 0 bridgehead atoms. The average molecular weight is 258 g/mol. The number of likely N-dealkylation sites (N-methyl/N-ethyl adjacent to an activating group) is 1. The number of carbonyl (C=O) groups is 1. The quantitative estimate of drug-likeness (QED) is 0.880. The third kappa shape index (κ3) is 2.85. The van der Waals surface area contributed by atoms with Gasteiger partial charge in [0.25, 0.3) is 0 Å². The van der Waals surface area contributed by atoms with Gasteiger partial charge in [0.2, 0.25) is 5.91 Å². The van der Waals surface area contributed by atoms with E-state index in [9.17, 15) is 9.18 Å². The molecule has 0 aliphatic carbocycles. The van der Waals surface area contributed by atoms with Crippen LogP contribution < -0.4 is 5.32 Å².